The second kappa shape index (κ2) is 3.97. The number of nitrogens with zero attached hydrogens (tertiary/aromatic N) is 4. The fourth-order valence-electron chi connectivity index (χ4n) is 1.16. The Balaban J connectivity index is 2.81. The van der Waals surface area contributed by atoms with E-state index in [2.05, 4.69) is 35.2 Å². The molecule has 13 heavy (non-hydrogen) atoms. The Bertz CT molecular complexity index is 243. The standard InChI is InChI=1S/C7H16N4OSi/c1-5-12-7(13(2,3)4)11-6-8-9-10-11/h6-7H,5H2,1-4H3. The predicted molar refractivity (Wildman–Crippen MR) is 51.8 cm³/mol. The lowest BCUT2D eigenvalue weighted by Gasteiger charge is -2.27. The number of hydrogen-bond acceptors (Lipinski definition) is 4. The SMILES string of the molecule is CCOC(n1cnnn1)[Si](C)(C)C. The molecule has 1 rings (SSSR count). The van der Waals surface area contributed by atoms with Crippen LogP contribution in [0.3, 0.4) is 0 Å². The number of ether oxygens (including phenoxy) is 1. The molecule has 1 heterocycles. The molecule has 1 unspecified atom stereocenters. The minimum Gasteiger partial charge on any atom is -0.360 e. The van der Waals surface area contributed by atoms with E-state index in [0.717, 1.165) is 0 Å². The number of tetrazole rings is 1. The van der Waals surface area contributed by atoms with Crippen molar-refractivity contribution in [3.63, 3.8) is 0 Å². The molecular formula is C7H16N4OSi. The van der Waals surface area contributed by atoms with E-state index in [0.29, 0.717) is 6.61 Å². The summed E-state index contributed by atoms with van der Waals surface area (Å²) in [7, 11) is -1.41. The van der Waals surface area contributed by atoms with E-state index in [1.54, 1.807) is 11.0 Å². The van der Waals surface area contributed by atoms with E-state index in [-0.39, 0.29) is 5.85 Å². The molecule has 6 heteroatoms. The summed E-state index contributed by atoms with van der Waals surface area (Å²) in [5.41, 5.74) is 0. The maximum absolute atomic E-state index is 5.63. The minimum atomic E-state index is -1.41. The highest BCUT2D eigenvalue weighted by Crippen LogP contribution is 2.20. The lowest BCUT2D eigenvalue weighted by atomic mass is 10.9. The van der Waals surface area contributed by atoms with Gasteiger partial charge in [0.25, 0.3) is 0 Å². The molecule has 74 valence electrons. The molecular weight excluding hydrogens is 184 g/mol. The van der Waals surface area contributed by atoms with E-state index >= 15 is 0 Å². The van der Waals surface area contributed by atoms with Crippen molar-refractivity contribution in [2.75, 3.05) is 6.61 Å². The Morgan fingerprint density at radius 2 is 2.15 bits per heavy atom. The van der Waals surface area contributed by atoms with E-state index in [4.69, 9.17) is 4.74 Å². The average molecular weight is 200 g/mol. The highest BCUT2D eigenvalue weighted by molar-refractivity contribution is 6.76. The molecule has 0 spiro atoms. The van der Waals surface area contributed by atoms with Crippen LogP contribution in [0.1, 0.15) is 12.8 Å². The zero-order chi connectivity index (χ0) is 9.90. The van der Waals surface area contributed by atoms with Crippen LogP contribution in [0.25, 0.3) is 0 Å². The van der Waals surface area contributed by atoms with Crippen LogP contribution in [0, 0.1) is 0 Å². The molecule has 0 fully saturated rings. The number of aromatic nitrogens is 4. The molecule has 1 aromatic rings. The quantitative estimate of drug-likeness (QED) is 0.683. The highest BCUT2D eigenvalue weighted by atomic mass is 28.3. The van der Waals surface area contributed by atoms with Gasteiger partial charge in [-0.1, -0.05) is 19.6 Å². The summed E-state index contributed by atoms with van der Waals surface area (Å²) in [6, 6.07) is 0. The third-order valence-electron chi connectivity index (χ3n) is 1.67. The van der Waals surface area contributed by atoms with E-state index in [9.17, 15) is 0 Å². The summed E-state index contributed by atoms with van der Waals surface area (Å²) >= 11 is 0. The topological polar surface area (TPSA) is 52.8 Å². The number of hydrogen-bond donors (Lipinski definition) is 0. The third-order valence-corrected chi connectivity index (χ3v) is 3.58. The largest absolute Gasteiger partial charge is 0.360 e. The maximum Gasteiger partial charge on any atom is 0.140 e. The van der Waals surface area contributed by atoms with E-state index in [1.807, 2.05) is 6.92 Å². The Morgan fingerprint density at radius 3 is 2.54 bits per heavy atom. The molecule has 0 aromatic carbocycles. The van der Waals surface area contributed by atoms with Gasteiger partial charge in [-0.2, -0.15) is 0 Å². The zero-order valence-corrected chi connectivity index (χ0v) is 9.56. The Hall–Kier alpha value is -0.753. The predicted octanol–water partition coefficient (Wildman–Crippen LogP) is 1.09. The minimum absolute atomic E-state index is 0.0347. The van der Waals surface area contributed by atoms with Crippen molar-refractivity contribution in [1.29, 1.82) is 0 Å². The van der Waals surface area contributed by atoms with Gasteiger partial charge in [0, 0.05) is 6.61 Å². The van der Waals surface area contributed by atoms with Crippen LogP contribution < -0.4 is 0 Å². The van der Waals surface area contributed by atoms with E-state index < -0.39 is 8.07 Å². The summed E-state index contributed by atoms with van der Waals surface area (Å²) < 4.78 is 7.34. The van der Waals surface area contributed by atoms with Gasteiger partial charge in [0.15, 0.2) is 0 Å². The number of rotatable bonds is 4. The molecule has 0 radical (unpaired) electrons. The summed E-state index contributed by atoms with van der Waals surface area (Å²) in [4.78, 5) is 0. The summed E-state index contributed by atoms with van der Waals surface area (Å²) in [6.45, 7) is 9.37. The maximum atomic E-state index is 5.63. The molecule has 1 aromatic heterocycles. The fourth-order valence-corrected chi connectivity index (χ4v) is 2.74. The Labute approximate surface area is 79.1 Å². The second-order valence-electron chi connectivity index (χ2n) is 3.96. The molecule has 5 nitrogen and oxygen atoms in total. The van der Waals surface area contributed by atoms with Gasteiger partial charge in [0.05, 0.1) is 0 Å². The molecule has 0 N–H and O–H groups in total. The van der Waals surface area contributed by atoms with Crippen molar-refractivity contribution in [2.24, 2.45) is 0 Å². The van der Waals surface area contributed by atoms with Crippen molar-refractivity contribution >= 4 is 8.07 Å². The highest BCUT2D eigenvalue weighted by Gasteiger charge is 2.29. The lowest BCUT2D eigenvalue weighted by Crippen LogP contribution is -2.37. The normalized spacial score (nSPS) is 14.5. The van der Waals surface area contributed by atoms with Crippen LogP contribution in [-0.4, -0.2) is 34.9 Å². The first-order valence-electron chi connectivity index (χ1n) is 4.39. The molecule has 0 saturated heterocycles. The van der Waals surface area contributed by atoms with Crippen LogP contribution in [0.5, 0.6) is 0 Å². The second-order valence-corrected chi connectivity index (χ2v) is 9.19. The van der Waals surface area contributed by atoms with Gasteiger partial charge < -0.3 is 4.74 Å². The zero-order valence-electron chi connectivity index (χ0n) is 8.56. The smallest absolute Gasteiger partial charge is 0.140 e. The molecule has 0 saturated carbocycles. The van der Waals surface area contributed by atoms with Gasteiger partial charge in [0.1, 0.15) is 20.3 Å². The first-order chi connectivity index (χ1) is 6.05. The van der Waals surface area contributed by atoms with Crippen LogP contribution in [0.2, 0.25) is 19.6 Å². The van der Waals surface area contributed by atoms with Gasteiger partial charge in [-0.3, -0.25) is 0 Å². The Kier molecular flexibility index (Phi) is 3.15. The van der Waals surface area contributed by atoms with Crippen molar-refractivity contribution in [2.45, 2.75) is 32.4 Å². The van der Waals surface area contributed by atoms with E-state index in [1.165, 1.54) is 0 Å². The van der Waals surface area contributed by atoms with Gasteiger partial charge in [0.2, 0.25) is 0 Å². The molecule has 1 atom stereocenters. The van der Waals surface area contributed by atoms with Gasteiger partial charge in [-0.15, -0.1) is 5.10 Å². The van der Waals surface area contributed by atoms with Crippen LogP contribution in [0.15, 0.2) is 6.33 Å². The third kappa shape index (κ3) is 2.60. The molecule has 0 aliphatic carbocycles. The van der Waals surface area contributed by atoms with Crippen molar-refractivity contribution in [3.8, 4) is 0 Å². The van der Waals surface area contributed by atoms with Crippen LogP contribution in [0.4, 0.5) is 0 Å². The van der Waals surface area contributed by atoms with Crippen molar-refractivity contribution < 1.29 is 4.74 Å². The van der Waals surface area contributed by atoms with Gasteiger partial charge >= 0.3 is 0 Å². The lowest BCUT2D eigenvalue weighted by molar-refractivity contribution is 0.0536. The molecule has 0 bridgehead atoms. The summed E-state index contributed by atoms with van der Waals surface area (Å²) in [6.07, 6.45) is 1.61. The van der Waals surface area contributed by atoms with Crippen molar-refractivity contribution in [1.82, 2.24) is 20.2 Å². The fraction of sp³-hybridized carbons (Fsp3) is 0.857. The van der Waals surface area contributed by atoms with Gasteiger partial charge in [-0.25, -0.2) is 4.68 Å². The van der Waals surface area contributed by atoms with Gasteiger partial charge in [-0.05, 0) is 17.4 Å². The average Bonchev–Trinajstić information content (AvgIpc) is 2.49. The first-order valence-corrected chi connectivity index (χ1v) is 7.97. The molecule has 0 amide bonds. The first kappa shape index (κ1) is 10.3. The monoisotopic (exact) mass is 200 g/mol. The summed E-state index contributed by atoms with van der Waals surface area (Å²) in [5, 5.41) is 11.1. The van der Waals surface area contributed by atoms with Crippen LogP contribution in [-0.2, 0) is 4.74 Å². The van der Waals surface area contributed by atoms with Crippen molar-refractivity contribution in [3.05, 3.63) is 6.33 Å². The summed E-state index contributed by atoms with van der Waals surface area (Å²) in [5.74, 6) is 0.0347. The Morgan fingerprint density at radius 1 is 1.46 bits per heavy atom. The van der Waals surface area contributed by atoms with Crippen LogP contribution >= 0.6 is 0 Å². The molecule has 0 aliphatic heterocycles. The molecule has 0 aliphatic rings.